The highest BCUT2D eigenvalue weighted by molar-refractivity contribution is 5.93. The minimum atomic E-state index is -0.651. The molecule has 0 saturated carbocycles. The number of nitrogens with zero attached hydrogens (tertiary/aromatic N) is 3. The van der Waals surface area contributed by atoms with E-state index in [4.69, 9.17) is 10.00 Å². The Balaban J connectivity index is 2.38. The Morgan fingerprint density at radius 3 is 2.79 bits per heavy atom. The van der Waals surface area contributed by atoms with Gasteiger partial charge in [0.05, 0.1) is 18.0 Å². The summed E-state index contributed by atoms with van der Waals surface area (Å²) < 4.78 is 6.60. The lowest BCUT2D eigenvalue weighted by Crippen LogP contribution is -2.09. The van der Waals surface area contributed by atoms with Gasteiger partial charge in [-0.25, -0.2) is 9.48 Å². The average molecular weight is 324 g/mol. The number of carbonyl (C=O) groups excluding carboxylic acids is 1. The van der Waals surface area contributed by atoms with Crippen molar-refractivity contribution < 1.29 is 9.53 Å². The van der Waals surface area contributed by atoms with Crippen molar-refractivity contribution in [2.45, 2.75) is 27.7 Å². The fraction of sp³-hybridized carbons (Fsp3) is 0.278. The summed E-state index contributed by atoms with van der Waals surface area (Å²) in [4.78, 5) is 11.7. The number of hydrogen-bond donors (Lipinski definition) is 1. The molecule has 0 aliphatic carbocycles. The van der Waals surface area contributed by atoms with E-state index in [-0.39, 0.29) is 12.2 Å². The van der Waals surface area contributed by atoms with Gasteiger partial charge in [0, 0.05) is 12.3 Å². The van der Waals surface area contributed by atoms with Gasteiger partial charge in [-0.1, -0.05) is 12.1 Å². The monoisotopic (exact) mass is 324 g/mol. The van der Waals surface area contributed by atoms with E-state index in [9.17, 15) is 4.79 Å². The van der Waals surface area contributed by atoms with Gasteiger partial charge in [0.2, 0.25) is 0 Å². The summed E-state index contributed by atoms with van der Waals surface area (Å²) in [6.45, 7) is 7.81. The van der Waals surface area contributed by atoms with Crippen molar-refractivity contribution >= 4 is 11.8 Å². The summed E-state index contributed by atoms with van der Waals surface area (Å²) in [5.41, 5.74) is 3.86. The second-order valence-corrected chi connectivity index (χ2v) is 5.41. The first-order valence-corrected chi connectivity index (χ1v) is 7.64. The lowest BCUT2D eigenvalue weighted by molar-refractivity contribution is -0.138. The fourth-order valence-corrected chi connectivity index (χ4v) is 2.23. The number of ether oxygens (including phenoxy) is 1. The Morgan fingerprint density at radius 2 is 2.12 bits per heavy atom. The van der Waals surface area contributed by atoms with E-state index in [1.54, 1.807) is 11.6 Å². The second kappa shape index (κ2) is 7.47. The van der Waals surface area contributed by atoms with Crippen LogP contribution in [0.4, 0.5) is 5.82 Å². The van der Waals surface area contributed by atoms with Crippen LogP contribution < -0.4 is 5.32 Å². The minimum absolute atomic E-state index is 0.0942. The van der Waals surface area contributed by atoms with Crippen LogP contribution in [-0.4, -0.2) is 22.4 Å². The van der Waals surface area contributed by atoms with Crippen LogP contribution >= 0.6 is 0 Å². The molecule has 6 nitrogen and oxygen atoms in total. The van der Waals surface area contributed by atoms with Crippen LogP contribution in [0, 0.1) is 32.1 Å². The highest BCUT2D eigenvalue weighted by Crippen LogP contribution is 2.21. The maximum absolute atomic E-state index is 11.7. The van der Waals surface area contributed by atoms with E-state index < -0.39 is 5.97 Å². The first kappa shape index (κ1) is 17.3. The van der Waals surface area contributed by atoms with Crippen LogP contribution in [0.15, 0.2) is 36.0 Å². The number of benzene rings is 1. The lowest BCUT2D eigenvalue weighted by atomic mass is 10.1. The standard InChI is InChI=1S/C18H20N4O2/c1-5-24-18(23)15(10-19)11-20-17-9-14(4)21-22(17)16-8-12(2)6-7-13(16)3/h6-9,11,20H,5H2,1-4H3/b15-11+. The number of nitriles is 1. The van der Waals surface area contributed by atoms with Crippen LogP contribution in [0.3, 0.4) is 0 Å². The van der Waals surface area contributed by atoms with Gasteiger partial charge in [-0.15, -0.1) is 0 Å². The van der Waals surface area contributed by atoms with Crippen molar-refractivity contribution in [1.82, 2.24) is 9.78 Å². The highest BCUT2D eigenvalue weighted by Gasteiger charge is 2.12. The highest BCUT2D eigenvalue weighted by atomic mass is 16.5. The Hall–Kier alpha value is -3.07. The minimum Gasteiger partial charge on any atom is -0.462 e. The van der Waals surface area contributed by atoms with Gasteiger partial charge in [-0.2, -0.15) is 10.4 Å². The number of nitrogens with one attached hydrogen (secondary N) is 1. The molecule has 6 heteroatoms. The van der Waals surface area contributed by atoms with Crippen molar-refractivity contribution in [3.8, 4) is 11.8 Å². The van der Waals surface area contributed by atoms with Crippen LogP contribution in [0.5, 0.6) is 0 Å². The molecule has 0 aliphatic heterocycles. The maximum atomic E-state index is 11.7. The molecule has 2 aromatic rings. The van der Waals surface area contributed by atoms with E-state index in [1.807, 2.05) is 51.1 Å². The fourth-order valence-electron chi connectivity index (χ4n) is 2.23. The van der Waals surface area contributed by atoms with Gasteiger partial charge in [-0.05, 0) is 44.9 Å². The Labute approximate surface area is 141 Å². The van der Waals surface area contributed by atoms with Gasteiger partial charge in [-0.3, -0.25) is 0 Å². The molecule has 2 rings (SSSR count). The number of aryl methyl sites for hydroxylation is 3. The molecule has 1 heterocycles. The molecular formula is C18H20N4O2. The normalized spacial score (nSPS) is 11.0. The van der Waals surface area contributed by atoms with Gasteiger partial charge in [0.15, 0.2) is 5.57 Å². The summed E-state index contributed by atoms with van der Waals surface area (Å²) in [5, 5.41) is 16.6. The van der Waals surface area contributed by atoms with Gasteiger partial charge < -0.3 is 10.1 Å². The molecule has 0 saturated heterocycles. The van der Waals surface area contributed by atoms with E-state index >= 15 is 0 Å². The molecule has 124 valence electrons. The van der Waals surface area contributed by atoms with Crippen molar-refractivity contribution in [2.75, 3.05) is 11.9 Å². The summed E-state index contributed by atoms with van der Waals surface area (Å²) in [6.07, 6.45) is 1.34. The molecule has 0 unspecified atom stereocenters. The van der Waals surface area contributed by atoms with E-state index in [1.165, 1.54) is 6.20 Å². The maximum Gasteiger partial charge on any atom is 0.350 e. The number of carbonyl (C=O) groups is 1. The number of rotatable bonds is 5. The number of hydrogen-bond acceptors (Lipinski definition) is 5. The zero-order valence-electron chi connectivity index (χ0n) is 14.3. The lowest BCUT2D eigenvalue weighted by Gasteiger charge is -2.11. The molecule has 1 N–H and O–H groups in total. The Kier molecular flexibility index (Phi) is 5.38. The molecule has 1 aromatic heterocycles. The third-order valence-corrected chi connectivity index (χ3v) is 3.40. The van der Waals surface area contributed by atoms with E-state index in [0.29, 0.717) is 5.82 Å². The van der Waals surface area contributed by atoms with Crippen LogP contribution in [-0.2, 0) is 9.53 Å². The van der Waals surface area contributed by atoms with Gasteiger partial charge >= 0.3 is 5.97 Å². The third kappa shape index (κ3) is 3.82. The Morgan fingerprint density at radius 1 is 1.38 bits per heavy atom. The van der Waals surface area contributed by atoms with Gasteiger partial charge in [0.1, 0.15) is 11.9 Å². The smallest absolute Gasteiger partial charge is 0.350 e. The summed E-state index contributed by atoms with van der Waals surface area (Å²) in [7, 11) is 0. The van der Waals surface area contributed by atoms with Gasteiger partial charge in [0.25, 0.3) is 0 Å². The molecule has 0 fully saturated rings. The summed E-state index contributed by atoms with van der Waals surface area (Å²) >= 11 is 0. The average Bonchev–Trinajstić information content (AvgIpc) is 2.91. The van der Waals surface area contributed by atoms with Crippen molar-refractivity contribution in [3.05, 3.63) is 52.9 Å². The van der Waals surface area contributed by atoms with Crippen LogP contribution in [0.25, 0.3) is 5.69 Å². The predicted molar refractivity (Wildman–Crippen MR) is 91.7 cm³/mol. The molecule has 0 aliphatic rings. The first-order chi connectivity index (χ1) is 11.5. The topological polar surface area (TPSA) is 79.9 Å². The SMILES string of the molecule is CCOC(=O)/C(C#N)=C/Nc1cc(C)nn1-c1cc(C)ccc1C. The molecule has 0 amide bonds. The quantitative estimate of drug-likeness (QED) is 0.519. The van der Waals surface area contributed by atoms with Crippen molar-refractivity contribution in [3.63, 3.8) is 0 Å². The van der Waals surface area contributed by atoms with Crippen molar-refractivity contribution in [1.29, 1.82) is 5.26 Å². The molecule has 0 radical (unpaired) electrons. The summed E-state index contributed by atoms with van der Waals surface area (Å²) in [6, 6.07) is 9.79. The zero-order valence-corrected chi connectivity index (χ0v) is 14.3. The largest absolute Gasteiger partial charge is 0.462 e. The van der Waals surface area contributed by atoms with E-state index in [0.717, 1.165) is 22.5 Å². The molecule has 0 spiro atoms. The Bertz CT molecular complexity index is 828. The number of aromatic nitrogens is 2. The molecule has 0 bridgehead atoms. The van der Waals surface area contributed by atoms with E-state index in [2.05, 4.69) is 10.4 Å². The second-order valence-electron chi connectivity index (χ2n) is 5.41. The van der Waals surface area contributed by atoms with Crippen LogP contribution in [0.2, 0.25) is 0 Å². The number of esters is 1. The molecule has 1 aromatic carbocycles. The molecular weight excluding hydrogens is 304 g/mol. The first-order valence-electron chi connectivity index (χ1n) is 7.64. The summed E-state index contributed by atoms with van der Waals surface area (Å²) in [5.74, 6) is 0.0141. The molecule has 24 heavy (non-hydrogen) atoms. The van der Waals surface area contributed by atoms with Crippen LogP contribution in [0.1, 0.15) is 23.7 Å². The van der Waals surface area contributed by atoms with Crippen molar-refractivity contribution in [2.24, 2.45) is 0 Å². The third-order valence-electron chi connectivity index (χ3n) is 3.40. The predicted octanol–water partition coefficient (Wildman–Crippen LogP) is 3.18. The zero-order chi connectivity index (χ0) is 17.7. The molecule has 0 atom stereocenters. The number of anilines is 1.